The molecule has 1 atom stereocenters. The van der Waals surface area contributed by atoms with E-state index in [0.29, 0.717) is 26.1 Å². The highest BCUT2D eigenvalue weighted by Crippen LogP contribution is 2.17. The third-order valence-electron chi connectivity index (χ3n) is 13.3. The van der Waals surface area contributed by atoms with Crippen LogP contribution in [0.15, 0.2) is 12.2 Å². The van der Waals surface area contributed by atoms with Crippen LogP contribution in [-0.2, 0) is 23.8 Å². The summed E-state index contributed by atoms with van der Waals surface area (Å²) in [5.41, 5.74) is 0. The normalized spacial score (nSPS) is 12.1. The summed E-state index contributed by atoms with van der Waals surface area (Å²) in [5, 5.41) is 0. The molecule has 0 aliphatic rings. The maximum Gasteiger partial charge on any atom is 0.306 e. The van der Waals surface area contributed by atoms with Gasteiger partial charge in [-0.2, -0.15) is 0 Å². The summed E-state index contributed by atoms with van der Waals surface area (Å²) in [7, 11) is 0. The Hall–Kier alpha value is -1.36. The molecule has 5 nitrogen and oxygen atoms in total. The molecule has 0 saturated heterocycles. The van der Waals surface area contributed by atoms with E-state index in [4.69, 9.17) is 14.2 Å². The van der Waals surface area contributed by atoms with E-state index in [0.717, 1.165) is 44.9 Å². The minimum Gasteiger partial charge on any atom is -0.462 e. The molecule has 0 amide bonds. The number of carbonyl (C=O) groups excluding carboxylic acids is 2. The van der Waals surface area contributed by atoms with Gasteiger partial charge in [-0.1, -0.05) is 290 Å². The average molecular weight is 904 g/mol. The Kier molecular flexibility index (Phi) is 54.8. The molecular formula is C59H114O5. The fraction of sp³-hybridized carbons (Fsp3) is 0.932. The summed E-state index contributed by atoms with van der Waals surface area (Å²) in [6.07, 6.45) is 65.3. The summed E-state index contributed by atoms with van der Waals surface area (Å²) >= 11 is 0. The molecule has 0 aliphatic heterocycles. The molecule has 0 fully saturated rings. The van der Waals surface area contributed by atoms with Gasteiger partial charge in [0.1, 0.15) is 6.61 Å². The van der Waals surface area contributed by atoms with Gasteiger partial charge in [0, 0.05) is 19.4 Å². The van der Waals surface area contributed by atoms with Crippen molar-refractivity contribution in [1.82, 2.24) is 0 Å². The number of hydrogen-bond donors (Lipinski definition) is 0. The molecular weight excluding hydrogens is 789 g/mol. The topological polar surface area (TPSA) is 61.8 Å². The first-order chi connectivity index (χ1) is 31.6. The highest BCUT2D eigenvalue weighted by atomic mass is 16.6. The number of rotatable bonds is 55. The van der Waals surface area contributed by atoms with Gasteiger partial charge in [-0.3, -0.25) is 9.59 Å². The molecule has 0 rings (SSSR count). The second-order valence-electron chi connectivity index (χ2n) is 19.9. The first-order valence-corrected chi connectivity index (χ1v) is 29.2. The minimum atomic E-state index is -0.531. The molecule has 0 saturated carbocycles. The van der Waals surface area contributed by atoms with Crippen molar-refractivity contribution in [3.63, 3.8) is 0 Å². The Labute approximate surface area is 401 Å². The van der Waals surface area contributed by atoms with E-state index in [1.807, 2.05) is 0 Å². The zero-order valence-corrected chi connectivity index (χ0v) is 43.8. The molecule has 0 bridgehead atoms. The Morgan fingerprint density at radius 3 is 1.00 bits per heavy atom. The molecule has 0 N–H and O–H groups in total. The van der Waals surface area contributed by atoms with Crippen molar-refractivity contribution in [2.45, 2.75) is 335 Å². The summed E-state index contributed by atoms with van der Waals surface area (Å²) < 4.78 is 17.5. The van der Waals surface area contributed by atoms with E-state index >= 15 is 0 Å². The van der Waals surface area contributed by atoms with Gasteiger partial charge in [-0.15, -0.1) is 0 Å². The van der Waals surface area contributed by atoms with Gasteiger partial charge < -0.3 is 14.2 Å². The van der Waals surface area contributed by atoms with Gasteiger partial charge in [0.25, 0.3) is 0 Å². The minimum absolute atomic E-state index is 0.0918. The zero-order valence-electron chi connectivity index (χ0n) is 43.8. The Balaban J connectivity index is 4.12. The van der Waals surface area contributed by atoms with Crippen LogP contribution in [0.2, 0.25) is 0 Å². The fourth-order valence-corrected chi connectivity index (χ4v) is 8.91. The van der Waals surface area contributed by atoms with E-state index in [9.17, 15) is 9.59 Å². The zero-order chi connectivity index (χ0) is 46.3. The van der Waals surface area contributed by atoms with E-state index in [-0.39, 0.29) is 18.5 Å². The lowest BCUT2D eigenvalue weighted by Crippen LogP contribution is -2.30. The highest BCUT2D eigenvalue weighted by molar-refractivity contribution is 5.70. The van der Waals surface area contributed by atoms with Crippen LogP contribution in [0, 0.1) is 0 Å². The highest BCUT2D eigenvalue weighted by Gasteiger charge is 2.17. The predicted molar refractivity (Wildman–Crippen MR) is 279 cm³/mol. The SMILES string of the molecule is CCCC/C=C\CCCCCCCC(=O)OC(COCCCCCCCCCCCCCCCCCCCCCC)COC(=O)CCCCCCCCCCCCCCCCCCC. The summed E-state index contributed by atoms with van der Waals surface area (Å²) in [4.78, 5) is 25.4. The van der Waals surface area contributed by atoms with Crippen molar-refractivity contribution in [2.24, 2.45) is 0 Å². The van der Waals surface area contributed by atoms with Crippen molar-refractivity contribution in [3.8, 4) is 0 Å². The Bertz CT molecular complexity index is 932. The van der Waals surface area contributed by atoms with Crippen molar-refractivity contribution >= 4 is 11.9 Å². The third kappa shape index (κ3) is 53.3. The molecule has 0 spiro atoms. The van der Waals surface area contributed by atoms with Crippen LogP contribution in [0.3, 0.4) is 0 Å². The summed E-state index contributed by atoms with van der Waals surface area (Å²) in [5.74, 6) is -0.383. The number of esters is 2. The fourth-order valence-electron chi connectivity index (χ4n) is 8.91. The van der Waals surface area contributed by atoms with Crippen LogP contribution in [-0.4, -0.2) is 37.9 Å². The molecule has 64 heavy (non-hydrogen) atoms. The van der Waals surface area contributed by atoms with Crippen LogP contribution < -0.4 is 0 Å². The van der Waals surface area contributed by atoms with Crippen LogP contribution in [0.4, 0.5) is 0 Å². The lowest BCUT2D eigenvalue weighted by Gasteiger charge is -2.18. The molecule has 5 heteroatoms. The monoisotopic (exact) mass is 903 g/mol. The van der Waals surface area contributed by atoms with E-state index in [1.165, 1.54) is 250 Å². The molecule has 1 unspecified atom stereocenters. The maximum atomic E-state index is 12.8. The number of ether oxygens (including phenoxy) is 3. The van der Waals surface area contributed by atoms with Crippen molar-refractivity contribution in [1.29, 1.82) is 0 Å². The second-order valence-corrected chi connectivity index (χ2v) is 19.9. The van der Waals surface area contributed by atoms with E-state index in [2.05, 4.69) is 32.9 Å². The molecule has 380 valence electrons. The third-order valence-corrected chi connectivity index (χ3v) is 13.3. The van der Waals surface area contributed by atoms with Crippen LogP contribution in [0.5, 0.6) is 0 Å². The molecule has 0 aromatic rings. The van der Waals surface area contributed by atoms with Crippen LogP contribution in [0.1, 0.15) is 329 Å². The van der Waals surface area contributed by atoms with Gasteiger partial charge in [-0.05, 0) is 38.5 Å². The van der Waals surface area contributed by atoms with Crippen molar-refractivity contribution in [2.75, 3.05) is 19.8 Å². The first-order valence-electron chi connectivity index (χ1n) is 29.2. The quantitative estimate of drug-likeness (QED) is 0.0346. The molecule has 0 heterocycles. The average Bonchev–Trinajstić information content (AvgIpc) is 3.30. The maximum absolute atomic E-state index is 12.8. The van der Waals surface area contributed by atoms with Gasteiger partial charge in [0.05, 0.1) is 6.61 Å². The number of unbranched alkanes of at least 4 members (excludes halogenated alkanes) is 42. The lowest BCUT2D eigenvalue weighted by atomic mass is 10.0. The van der Waals surface area contributed by atoms with E-state index in [1.54, 1.807) is 0 Å². The van der Waals surface area contributed by atoms with Gasteiger partial charge >= 0.3 is 11.9 Å². The van der Waals surface area contributed by atoms with Crippen LogP contribution in [0.25, 0.3) is 0 Å². The van der Waals surface area contributed by atoms with Crippen LogP contribution >= 0.6 is 0 Å². The second kappa shape index (κ2) is 56.0. The largest absolute Gasteiger partial charge is 0.462 e. The summed E-state index contributed by atoms with van der Waals surface area (Å²) in [6.45, 7) is 7.87. The standard InChI is InChI=1S/C59H114O5/c1-4-7-10-13-16-19-22-24-26-28-29-30-32-34-36-39-42-45-48-51-54-62-55-57(64-59(61)53-50-47-44-41-37-21-18-15-12-9-6-3)56-63-58(60)52-49-46-43-40-38-35-33-31-27-25-23-20-17-14-11-8-5-2/h15,18,57H,4-14,16-17,19-56H2,1-3H3/b18-15-. The molecule has 0 aromatic carbocycles. The van der Waals surface area contributed by atoms with Gasteiger partial charge in [0.15, 0.2) is 6.10 Å². The summed E-state index contributed by atoms with van der Waals surface area (Å²) in [6, 6.07) is 0. The molecule has 0 radical (unpaired) electrons. The Morgan fingerprint density at radius 1 is 0.328 bits per heavy atom. The predicted octanol–water partition coefficient (Wildman–Crippen LogP) is 19.8. The van der Waals surface area contributed by atoms with Gasteiger partial charge in [0.2, 0.25) is 0 Å². The number of allylic oxidation sites excluding steroid dienone is 2. The van der Waals surface area contributed by atoms with Crippen molar-refractivity contribution < 1.29 is 23.8 Å². The number of hydrogen-bond acceptors (Lipinski definition) is 5. The van der Waals surface area contributed by atoms with E-state index < -0.39 is 6.10 Å². The lowest BCUT2D eigenvalue weighted by molar-refractivity contribution is -0.163. The molecule has 0 aliphatic carbocycles. The van der Waals surface area contributed by atoms with Crippen molar-refractivity contribution in [3.05, 3.63) is 12.2 Å². The van der Waals surface area contributed by atoms with Gasteiger partial charge in [-0.25, -0.2) is 0 Å². The Morgan fingerprint density at radius 2 is 0.625 bits per heavy atom. The number of carbonyl (C=O) groups is 2. The smallest absolute Gasteiger partial charge is 0.306 e. The first kappa shape index (κ1) is 62.6. The molecule has 0 aromatic heterocycles.